The minimum absolute atomic E-state index is 0.357. The molecule has 0 spiro atoms. The van der Waals surface area contributed by atoms with Crippen molar-refractivity contribution in [1.82, 2.24) is 0 Å². The molecule has 2 nitrogen and oxygen atoms in total. The van der Waals surface area contributed by atoms with Crippen molar-refractivity contribution >= 4 is 0 Å². The van der Waals surface area contributed by atoms with Gasteiger partial charge in [0.2, 0.25) is 0 Å². The number of hydrogen-bond acceptors (Lipinski definition) is 0. The van der Waals surface area contributed by atoms with Crippen molar-refractivity contribution in [3.8, 4) is 0 Å². The molecule has 2 saturated heterocycles. The molecule has 0 aliphatic carbocycles. The number of rotatable bonds is 8. The lowest BCUT2D eigenvalue weighted by atomic mass is 9.77. The van der Waals surface area contributed by atoms with Crippen molar-refractivity contribution in [2.24, 2.45) is 23.2 Å². The summed E-state index contributed by atoms with van der Waals surface area (Å²) >= 11 is 0. The molecular weight excluding hydrogens is 448 g/mol. The van der Waals surface area contributed by atoms with Crippen LogP contribution in [-0.2, 0) is 25.9 Å². The Morgan fingerprint density at radius 2 is 0.973 bits per heavy atom. The SMILES string of the molecule is CC(C)Cc1ccc(C[N+]2(C)CCC(C3CC[N+](C)(Cc4ccc(CC(C)(C)C)cc4)CC3)CC2)cc1. The van der Waals surface area contributed by atoms with Crippen molar-refractivity contribution < 1.29 is 8.97 Å². The first-order chi connectivity index (χ1) is 17.4. The maximum Gasteiger partial charge on any atom is 0.104 e. The lowest BCUT2D eigenvalue weighted by Gasteiger charge is -2.46. The molecule has 0 saturated carbocycles. The standard InChI is InChI=1S/C35H56N2/c1-28(2)24-29-8-12-31(13-9-29)26-36(6)20-16-33(17-21-36)34-18-22-37(7,23-19-34)27-32-14-10-30(11-15-32)25-35(3,4)5/h8-15,28,33-34H,16-27H2,1-7H3/q+2. The van der Waals surface area contributed by atoms with Crippen molar-refractivity contribution in [3.63, 3.8) is 0 Å². The van der Waals surface area contributed by atoms with Crippen molar-refractivity contribution in [2.75, 3.05) is 40.3 Å². The van der Waals surface area contributed by atoms with Gasteiger partial charge in [0.05, 0.1) is 40.3 Å². The summed E-state index contributed by atoms with van der Waals surface area (Å²) in [4.78, 5) is 0. The van der Waals surface area contributed by atoms with E-state index in [9.17, 15) is 0 Å². The summed E-state index contributed by atoms with van der Waals surface area (Å²) in [6.07, 6.45) is 8.04. The van der Waals surface area contributed by atoms with Gasteiger partial charge in [-0.3, -0.25) is 0 Å². The molecule has 204 valence electrons. The van der Waals surface area contributed by atoms with E-state index in [4.69, 9.17) is 0 Å². The first-order valence-corrected chi connectivity index (χ1v) is 15.2. The van der Waals surface area contributed by atoms with Gasteiger partial charge in [-0.25, -0.2) is 0 Å². The average Bonchev–Trinajstić information content (AvgIpc) is 2.81. The molecule has 2 aromatic rings. The highest BCUT2D eigenvalue weighted by Crippen LogP contribution is 2.37. The molecule has 0 aromatic heterocycles. The van der Waals surface area contributed by atoms with Crippen LogP contribution in [0.1, 0.15) is 82.6 Å². The second-order valence-electron chi connectivity index (χ2n) is 15.1. The van der Waals surface area contributed by atoms with Gasteiger partial charge in [-0.1, -0.05) is 83.1 Å². The topological polar surface area (TPSA) is 0 Å². The fourth-order valence-electron chi connectivity index (χ4n) is 7.19. The largest absolute Gasteiger partial charge is 0.322 e. The van der Waals surface area contributed by atoms with Crippen LogP contribution >= 0.6 is 0 Å². The minimum Gasteiger partial charge on any atom is -0.322 e. The molecule has 0 unspecified atom stereocenters. The van der Waals surface area contributed by atoms with Gasteiger partial charge < -0.3 is 8.97 Å². The third kappa shape index (κ3) is 8.42. The van der Waals surface area contributed by atoms with E-state index in [-0.39, 0.29) is 0 Å². The fourth-order valence-corrected chi connectivity index (χ4v) is 7.19. The molecule has 2 aliphatic heterocycles. The van der Waals surface area contributed by atoms with Gasteiger partial charge in [0.15, 0.2) is 0 Å². The molecule has 4 rings (SSSR count). The van der Waals surface area contributed by atoms with Gasteiger partial charge in [0, 0.05) is 11.1 Å². The summed E-state index contributed by atoms with van der Waals surface area (Å²) in [5, 5.41) is 0. The van der Waals surface area contributed by atoms with Crippen LogP contribution in [0.25, 0.3) is 0 Å². The number of piperidine rings is 2. The number of hydrogen-bond donors (Lipinski definition) is 0. The van der Waals surface area contributed by atoms with E-state index in [0.29, 0.717) is 5.41 Å². The Labute approximate surface area is 229 Å². The molecule has 2 heteroatoms. The van der Waals surface area contributed by atoms with Gasteiger partial charge in [0.1, 0.15) is 13.1 Å². The van der Waals surface area contributed by atoms with Gasteiger partial charge >= 0.3 is 0 Å². The first-order valence-electron chi connectivity index (χ1n) is 15.2. The molecule has 0 radical (unpaired) electrons. The molecule has 0 N–H and O–H groups in total. The number of benzene rings is 2. The maximum absolute atomic E-state index is 2.50. The average molecular weight is 505 g/mol. The van der Waals surface area contributed by atoms with Crippen LogP contribution in [0.4, 0.5) is 0 Å². The summed E-state index contributed by atoms with van der Waals surface area (Å²) in [7, 11) is 5.00. The van der Waals surface area contributed by atoms with E-state index in [1.807, 2.05) is 0 Å². The number of quaternary nitrogens is 2. The zero-order valence-electron chi connectivity index (χ0n) is 25.2. The lowest BCUT2D eigenvalue weighted by Crippen LogP contribution is -2.53. The van der Waals surface area contributed by atoms with Crippen molar-refractivity contribution in [1.29, 1.82) is 0 Å². The van der Waals surface area contributed by atoms with E-state index in [1.165, 1.54) is 103 Å². The highest BCUT2D eigenvalue weighted by molar-refractivity contribution is 5.23. The molecule has 0 bridgehead atoms. The smallest absolute Gasteiger partial charge is 0.104 e. The molecule has 2 fully saturated rings. The van der Waals surface area contributed by atoms with Crippen molar-refractivity contribution in [2.45, 2.75) is 86.2 Å². The van der Waals surface area contributed by atoms with Crippen LogP contribution in [0, 0.1) is 23.2 Å². The predicted octanol–water partition coefficient (Wildman–Crippen LogP) is 7.89. The zero-order valence-corrected chi connectivity index (χ0v) is 25.2. The molecule has 0 amide bonds. The van der Waals surface area contributed by atoms with E-state index >= 15 is 0 Å². The fraction of sp³-hybridized carbons (Fsp3) is 0.657. The first kappa shape index (κ1) is 28.4. The highest BCUT2D eigenvalue weighted by Gasteiger charge is 2.38. The Hall–Kier alpha value is -1.64. The van der Waals surface area contributed by atoms with Crippen LogP contribution in [0.5, 0.6) is 0 Å². The van der Waals surface area contributed by atoms with E-state index < -0.39 is 0 Å². The van der Waals surface area contributed by atoms with Gasteiger partial charge in [-0.2, -0.15) is 0 Å². The number of likely N-dealkylation sites (tertiary alicyclic amines) is 2. The van der Waals surface area contributed by atoms with Gasteiger partial charge in [0.25, 0.3) is 0 Å². The molecule has 37 heavy (non-hydrogen) atoms. The second-order valence-corrected chi connectivity index (χ2v) is 15.1. The van der Waals surface area contributed by atoms with Crippen LogP contribution in [0.15, 0.2) is 48.5 Å². The zero-order chi connectivity index (χ0) is 26.7. The van der Waals surface area contributed by atoms with E-state index in [2.05, 4.69) is 97.2 Å². The van der Waals surface area contributed by atoms with Crippen LogP contribution in [0.2, 0.25) is 0 Å². The van der Waals surface area contributed by atoms with E-state index in [0.717, 1.165) is 24.2 Å². The third-order valence-electron chi connectivity index (χ3n) is 9.38. The molecule has 2 aromatic carbocycles. The summed E-state index contributed by atoms with van der Waals surface area (Å²) in [6.45, 7) is 19.4. The summed E-state index contributed by atoms with van der Waals surface area (Å²) in [5.41, 5.74) is 6.35. The molecular formula is C35H56N2+2. The van der Waals surface area contributed by atoms with E-state index in [1.54, 1.807) is 0 Å². The molecule has 2 aliphatic rings. The Kier molecular flexibility index (Phi) is 8.91. The Morgan fingerprint density at radius 1 is 0.622 bits per heavy atom. The second kappa shape index (κ2) is 11.6. The third-order valence-corrected chi connectivity index (χ3v) is 9.38. The summed E-state index contributed by atoms with van der Waals surface area (Å²) in [6, 6.07) is 19.1. The van der Waals surface area contributed by atoms with Crippen molar-refractivity contribution in [3.05, 3.63) is 70.8 Å². The Morgan fingerprint density at radius 3 is 1.32 bits per heavy atom. The normalized spacial score (nSPS) is 29.0. The lowest BCUT2D eigenvalue weighted by molar-refractivity contribution is -0.931. The molecule has 0 atom stereocenters. The summed E-state index contributed by atoms with van der Waals surface area (Å²) in [5.74, 6) is 2.63. The maximum atomic E-state index is 2.50. The Balaban J connectivity index is 1.23. The Bertz CT molecular complexity index is 963. The predicted molar refractivity (Wildman–Crippen MR) is 159 cm³/mol. The van der Waals surface area contributed by atoms with Gasteiger partial charge in [-0.15, -0.1) is 0 Å². The quantitative estimate of drug-likeness (QED) is 0.321. The monoisotopic (exact) mass is 504 g/mol. The number of nitrogens with zero attached hydrogens (tertiary/aromatic N) is 2. The van der Waals surface area contributed by atoms with Gasteiger partial charge in [-0.05, 0) is 72.8 Å². The minimum atomic E-state index is 0.357. The summed E-state index contributed by atoms with van der Waals surface area (Å²) < 4.78 is 2.45. The van der Waals surface area contributed by atoms with Crippen LogP contribution in [0.3, 0.4) is 0 Å². The van der Waals surface area contributed by atoms with Crippen LogP contribution < -0.4 is 0 Å². The molecule has 2 heterocycles. The highest BCUT2D eigenvalue weighted by atomic mass is 15.3. The van der Waals surface area contributed by atoms with Crippen LogP contribution in [-0.4, -0.2) is 49.2 Å².